The summed E-state index contributed by atoms with van der Waals surface area (Å²) in [5, 5.41) is 0. The van der Waals surface area contributed by atoms with Crippen LogP contribution in [0.2, 0.25) is 0 Å². The van der Waals surface area contributed by atoms with Gasteiger partial charge in [-0.2, -0.15) is 0 Å². The van der Waals surface area contributed by atoms with Crippen molar-refractivity contribution in [2.45, 2.75) is 26.7 Å². The molecule has 2 aliphatic rings. The van der Waals surface area contributed by atoms with Gasteiger partial charge in [-0.25, -0.2) is 0 Å². The minimum Gasteiger partial charge on any atom is -0.303 e. The molecule has 2 rings (SSSR count). The molecule has 1 aliphatic heterocycles. The van der Waals surface area contributed by atoms with E-state index in [0.29, 0.717) is 5.92 Å². The Labute approximate surface area is 92.3 Å². The highest BCUT2D eigenvalue weighted by atomic mass is 16.1. The number of aldehydes is 1. The number of rotatable bonds is 3. The van der Waals surface area contributed by atoms with Gasteiger partial charge in [-0.15, -0.1) is 0 Å². The van der Waals surface area contributed by atoms with Crippen LogP contribution < -0.4 is 0 Å². The standard InChI is InChI=1S/C13H21NO/c1-13(2)5-4-11(10-15)12(8-13)9-14-6-3-7-14/h4-5,10-12H,3,6-9H2,1-2H3. The molecule has 0 aromatic heterocycles. The molecule has 0 amide bonds. The maximum absolute atomic E-state index is 11.0. The summed E-state index contributed by atoms with van der Waals surface area (Å²) in [7, 11) is 0. The summed E-state index contributed by atoms with van der Waals surface area (Å²) in [6, 6.07) is 0. The highest BCUT2D eigenvalue weighted by molar-refractivity contribution is 5.57. The predicted molar refractivity (Wildman–Crippen MR) is 61.6 cm³/mol. The van der Waals surface area contributed by atoms with Gasteiger partial charge in [0.1, 0.15) is 6.29 Å². The second-order valence-corrected chi connectivity index (χ2v) is 5.68. The molecule has 0 aromatic rings. The van der Waals surface area contributed by atoms with Crippen molar-refractivity contribution in [3.63, 3.8) is 0 Å². The fourth-order valence-electron chi connectivity index (χ4n) is 2.65. The van der Waals surface area contributed by atoms with Crippen LogP contribution in [0.4, 0.5) is 0 Å². The first kappa shape index (κ1) is 10.9. The number of likely N-dealkylation sites (tertiary alicyclic amines) is 1. The number of allylic oxidation sites excluding steroid dienone is 2. The Bertz CT molecular complexity index is 266. The molecule has 0 N–H and O–H groups in total. The van der Waals surface area contributed by atoms with Crippen LogP contribution in [0.3, 0.4) is 0 Å². The van der Waals surface area contributed by atoms with Gasteiger partial charge in [0.25, 0.3) is 0 Å². The molecule has 1 fully saturated rings. The fraction of sp³-hybridized carbons (Fsp3) is 0.769. The zero-order valence-electron chi connectivity index (χ0n) is 9.78. The molecular formula is C13H21NO. The molecule has 2 unspecified atom stereocenters. The van der Waals surface area contributed by atoms with Crippen molar-refractivity contribution in [3.8, 4) is 0 Å². The molecule has 15 heavy (non-hydrogen) atoms. The van der Waals surface area contributed by atoms with Gasteiger partial charge in [0.15, 0.2) is 0 Å². The van der Waals surface area contributed by atoms with E-state index in [1.165, 1.54) is 19.5 Å². The van der Waals surface area contributed by atoms with Crippen molar-refractivity contribution in [2.75, 3.05) is 19.6 Å². The Kier molecular flexibility index (Phi) is 2.96. The fourth-order valence-corrected chi connectivity index (χ4v) is 2.65. The van der Waals surface area contributed by atoms with Crippen molar-refractivity contribution in [1.82, 2.24) is 4.90 Å². The van der Waals surface area contributed by atoms with Crippen LogP contribution in [-0.4, -0.2) is 30.8 Å². The van der Waals surface area contributed by atoms with Crippen LogP contribution in [0.1, 0.15) is 26.7 Å². The molecule has 1 heterocycles. The first-order chi connectivity index (χ1) is 7.11. The normalized spacial score (nSPS) is 34.8. The molecule has 2 atom stereocenters. The van der Waals surface area contributed by atoms with Crippen LogP contribution in [-0.2, 0) is 4.79 Å². The minimum atomic E-state index is 0.152. The number of carbonyl (C=O) groups excluding carboxylic acids is 1. The Morgan fingerprint density at radius 2 is 2.20 bits per heavy atom. The molecule has 2 nitrogen and oxygen atoms in total. The summed E-state index contributed by atoms with van der Waals surface area (Å²) in [6.07, 6.45) is 7.91. The van der Waals surface area contributed by atoms with Gasteiger partial charge in [-0.3, -0.25) is 0 Å². The summed E-state index contributed by atoms with van der Waals surface area (Å²) >= 11 is 0. The molecule has 0 aromatic carbocycles. The summed E-state index contributed by atoms with van der Waals surface area (Å²) in [4.78, 5) is 13.5. The van der Waals surface area contributed by atoms with E-state index in [9.17, 15) is 4.79 Å². The maximum Gasteiger partial charge on any atom is 0.127 e. The van der Waals surface area contributed by atoms with Gasteiger partial charge in [0.05, 0.1) is 0 Å². The number of hydrogen-bond acceptors (Lipinski definition) is 2. The van der Waals surface area contributed by atoms with Gasteiger partial charge >= 0.3 is 0 Å². The molecule has 0 bridgehead atoms. The van der Waals surface area contributed by atoms with E-state index in [2.05, 4.69) is 30.9 Å². The highest BCUT2D eigenvalue weighted by Crippen LogP contribution is 2.36. The van der Waals surface area contributed by atoms with Crippen molar-refractivity contribution in [2.24, 2.45) is 17.3 Å². The Hall–Kier alpha value is -0.630. The van der Waals surface area contributed by atoms with Gasteiger partial charge in [-0.1, -0.05) is 26.0 Å². The first-order valence-electron chi connectivity index (χ1n) is 5.98. The third-order valence-corrected chi connectivity index (χ3v) is 3.70. The number of hydrogen-bond donors (Lipinski definition) is 0. The lowest BCUT2D eigenvalue weighted by Gasteiger charge is -2.40. The van der Waals surface area contributed by atoms with E-state index in [4.69, 9.17) is 0 Å². The third kappa shape index (κ3) is 2.49. The van der Waals surface area contributed by atoms with Gasteiger partial charge in [-0.05, 0) is 37.3 Å². The molecular weight excluding hydrogens is 186 g/mol. The number of nitrogens with zero attached hydrogens (tertiary/aromatic N) is 1. The zero-order valence-corrected chi connectivity index (χ0v) is 9.78. The van der Waals surface area contributed by atoms with Crippen LogP contribution in [0.25, 0.3) is 0 Å². The van der Waals surface area contributed by atoms with E-state index in [1.807, 2.05) is 0 Å². The summed E-state index contributed by atoms with van der Waals surface area (Å²) in [5.74, 6) is 0.682. The average molecular weight is 207 g/mol. The Balaban J connectivity index is 2.00. The Morgan fingerprint density at radius 3 is 2.73 bits per heavy atom. The maximum atomic E-state index is 11.0. The minimum absolute atomic E-state index is 0.152. The van der Waals surface area contributed by atoms with Crippen molar-refractivity contribution < 1.29 is 4.79 Å². The van der Waals surface area contributed by atoms with Gasteiger partial charge in [0, 0.05) is 12.5 Å². The van der Waals surface area contributed by atoms with Gasteiger partial charge < -0.3 is 9.69 Å². The van der Waals surface area contributed by atoms with Gasteiger partial charge in [0.2, 0.25) is 0 Å². The van der Waals surface area contributed by atoms with E-state index in [1.54, 1.807) is 0 Å². The van der Waals surface area contributed by atoms with Crippen molar-refractivity contribution >= 4 is 6.29 Å². The monoisotopic (exact) mass is 207 g/mol. The summed E-state index contributed by atoms with van der Waals surface area (Å²) in [6.45, 7) is 8.08. The summed E-state index contributed by atoms with van der Waals surface area (Å²) in [5.41, 5.74) is 0.273. The number of carbonyl (C=O) groups is 1. The Morgan fingerprint density at radius 1 is 1.47 bits per heavy atom. The molecule has 1 saturated heterocycles. The third-order valence-electron chi connectivity index (χ3n) is 3.70. The lowest BCUT2D eigenvalue weighted by molar-refractivity contribution is -0.112. The van der Waals surface area contributed by atoms with Crippen molar-refractivity contribution in [3.05, 3.63) is 12.2 Å². The van der Waals surface area contributed by atoms with E-state index >= 15 is 0 Å². The molecule has 0 saturated carbocycles. The molecule has 2 heteroatoms. The highest BCUT2D eigenvalue weighted by Gasteiger charge is 2.32. The molecule has 1 aliphatic carbocycles. The quantitative estimate of drug-likeness (QED) is 0.522. The average Bonchev–Trinajstić information content (AvgIpc) is 2.10. The van der Waals surface area contributed by atoms with Crippen molar-refractivity contribution in [1.29, 1.82) is 0 Å². The lowest BCUT2D eigenvalue weighted by atomic mass is 9.72. The SMILES string of the molecule is CC1(C)C=CC(C=O)C(CN2CCC2)C1. The predicted octanol–water partition coefficient (Wildman–Crippen LogP) is 2.11. The lowest BCUT2D eigenvalue weighted by Crippen LogP contribution is -2.43. The topological polar surface area (TPSA) is 20.3 Å². The van der Waals surface area contributed by atoms with Crippen LogP contribution in [0, 0.1) is 17.3 Å². The molecule has 84 valence electrons. The molecule has 0 spiro atoms. The van der Waals surface area contributed by atoms with Crippen LogP contribution in [0.15, 0.2) is 12.2 Å². The van der Waals surface area contributed by atoms with E-state index < -0.39 is 0 Å². The second-order valence-electron chi connectivity index (χ2n) is 5.68. The van der Waals surface area contributed by atoms with Crippen LogP contribution >= 0.6 is 0 Å². The summed E-state index contributed by atoms with van der Waals surface area (Å²) < 4.78 is 0. The molecule has 0 radical (unpaired) electrons. The van der Waals surface area contributed by atoms with E-state index in [-0.39, 0.29) is 11.3 Å². The first-order valence-corrected chi connectivity index (χ1v) is 5.98. The van der Waals surface area contributed by atoms with E-state index in [0.717, 1.165) is 19.3 Å². The second kappa shape index (κ2) is 4.09. The zero-order chi connectivity index (χ0) is 10.9. The van der Waals surface area contributed by atoms with Crippen LogP contribution in [0.5, 0.6) is 0 Å². The smallest absolute Gasteiger partial charge is 0.127 e. The largest absolute Gasteiger partial charge is 0.303 e.